The number of ether oxygens (including phenoxy) is 1. The van der Waals surface area contributed by atoms with E-state index in [0.29, 0.717) is 42.7 Å². The largest absolute Gasteiger partial charge is 0.433 e. The zero-order valence-electron chi connectivity index (χ0n) is 20.2. The third kappa shape index (κ3) is 4.39. The van der Waals surface area contributed by atoms with E-state index in [1.807, 2.05) is 17.1 Å². The second-order valence-corrected chi connectivity index (χ2v) is 9.65. The Hall–Kier alpha value is -3.67. The number of pyridine rings is 1. The molecule has 1 aliphatic heterocycles. The van der Waals surface area contributed by atoms with Crippen molar-refractivity contribution in [2.75, 3.05) is 6.61 Å². The van der Waals surface area contributed by atoms with Crippen LogP contribution in [0.2, 0.25) is 0 Å². The van der Waals surface area contributed by atoms with Gasteiger partial charge < -0.3 is 4.74 Å². The third-order valence-corrected chi connectivity index (χ3v) is 7.06. The molecule has 1 saturated heterocycles. The Bertz CT molecular complexity index is 1540. The predicted molar refractivity (Wildman–Crippen MR) is 127 cm³/mol. The molecular formula is C25H24F3N7O2. The number of hydrogen-bond donors (Lipinski definition) is 0. The normalized spacial score (nSPS) is 20.5. The number of nitrogens with zero attached hydrogens (tertiary/aromatic N) is 7. The maximum absolute atomic E-state index is 13.1. The summed E-state index contributed by atoms with van der Waals surface area (Å²) in [6.45, 7) is 2.15. The lowest BCUT2D eigenvalue weighted by molar-refractivity contribution is -0.141. The molecule has 0 spiro atoms. The first-order valence-corrected chi connectivity index (χ1v) is 12.1. The van der Waals surface area contributed by atoms with Crippen LogP contribution in [-0.4, -0.2) is 40.9 Å². The smallest absolute Gasteiger partial charge is 0.373 e. The molecule has 9 nitrogen and oxygen atoms in total. The average molecular weight is 512 g/mol. The van der Waals surface area contributed by atoms with E-state index in [0.717, 1.165) is 30.7 Å². The summed E-state index contributed by atoms with van der Waals surface area (Å²) in [4.78, 5) is 30.6. The fourth-order valence-corrected chi connectivity index (χ4v) is 4.68. The average Bonchev–Trinajstić information content (AvgIpc) is 3.63. The lowest BCUT2D eigenvalue weighted by Crippen LogP contribution is -2.24. The minimum atomic E-state index is -4.56. The van der Waals surface area contributed by atoms with E-state index >= 15 is 0 Å². The maximum Gasteiger partial charge on any atom is 0.433 e. The molecule has 12 heteroatoms. The van der Waals surface area contributed by atoms with Crippen molar-refractivity contribution in [2.24, 2.45) is 7.05 Å². The maximum atomic E-state index is 13.1. The Labute approximate surface area is 209 Å². The van der Waals surface area contributed by atoms with Crippen LogP contribution in [-0.2, 0) is 18.0 Å². The molecule has 2 aliphatic rings. The highest BCUT2D eigenvalue weighted by molar-refractivity contribution is 5.88. The Morgan fingerprint density at radius 3 is 2.57 bits per heavy atom. The summed E-state index contributed by atoms with van der Waals surface area (Å²) in [5, 5.41) is 4.47. The van der Waals surface area contributed by atoms with Crippen molar-refractivity contribution in [3.05, 3.63) is 64.0 Å². The molecule has 0 aromatic carbocycles. The van der Waals surface area contributed by atoms with Gasteiger partial charge in [-0.25, -0.2) is 15.0 Å². The monoisotopic (exact) mass is 511 g/mol. The van der Waals surface area contributed by atoms with Gasteiger partial charge in [-0.2, -0.15) is 18.3 Å². The fraction of sp³-hybridized carbons (Fsp3) is 0.440. The second kappa shape index (κ2) is 8.72. The van der Waals surface area contributed by atoms with Gasteiger partial charge in [0.25, 0.3) is 5.56 Å². The van der Waals surface area contributed by atoms with Gasteiger partial charge in [0.2, 0.25) is 0 Å². The van der Waals surface area contributed by atoms with Crippen molar-refractivity contribution in [3.63, 3.8) is 0 Å². The molecule has 4 aromatic rings. The predicted octanol–water partition coefficient (Wildman–Crippen LogP) is 4.28. The van der Waals surface area contributed by atoms with Gasteiger partial charge in [0, 0.05) is 43.1 Å². The molecule has 192 valence electrons. The molecule has 1 saturated carbocycles. The minimum absolute atomic E-state index is 0.123. The van der Waals surface area contributed by atoms with Gasteiger partial charge in [-0.05, 0) is 44.7 Å². The third-order valence-electron chi connectivity index (χ3n) is 7.06. The van der Waals surface area contributed by atoms with Crippen LogP contribution in [0.3, 0.4) is 0 Å². The SMILES string of the molecule is Cc1nc2c(-c3ccc(C(F)(F)F)nc3)nc([C@@H]3CCO[C@H](c4cnn(C5CC5)c4)C3)nc2c(=O)n1C. The van der Waals surface area contributed by atoms with Crippen molar-refractivity contribution in [3.8, 4) is 11.3 Å². The first-order chi connectivity index (χ1) is 17.7. The number of hydrogen-bond acceptors (Lipinski definition) is 7. The van der Waals surface area contributed by atoms with Crippen LogP contribution >= 0.6 is 0 Å². The number of fused-ring (bicyclic) bond motifs is 1. The van der Waals surface area contributed by atoms with Crippen molar-refractivity contribution in [1.82, 2.24) is 34.3 Å². The van der Waals surface area contributed by atoms with Crippen LogP contribution in [0.4, 0.5) is 13.2 Å². The van der Waals surface area contributed by atoms with E-state index in [4.69, 9.17) is 9.72 Å². The topological polar surface area (TPSA) is 101 Å². The standard InChI is InChI=1S/C25H24F3N7O2/c1-13-31-21-20(15-3-6-19(29-10-15)25(26,27)28)32-23(33-22(21)24(36)34(13)2)14-7-8-37-18(9-14)16-11-30-35(12-16)17-4-5-17/h3,6,10-12,14,17-18H,4-5,7-9H2,1-2H3/t14-,18+/m1/s1. The Morgan fingerprint density at radius 1 is 1.05 bits per heavy atom. The molecular weight excluding hydrogens is 487 g/mol. The quantitative estimate of drug-likeness (QED) is 0.403. The van der Waals surface area contributed by atoms with Gasteiger partial charge in [-0.15, -0.1) is 0 Å². The van der Waals surface area contributed by atoms with Crippen molar-refractivity contribution in [2.45, 2.75) is 56.8 Å². The molecule has 4 aromatic heterocycles. The Morgan fingerprint density at radius 2 is 1.86 bits per heavy atom. The van der Waals surface area contributed by atoms with Crippen LogP contribution in [0.1, 0.15) is 66.7 Å². The Kier molecular flexibility index (Phi) is 5.59. The lowest BCUT2D eigenvalue weighted by atomic mass is 9.92. The van der Waals surface area contributed by atoms with Crippen molar-refractivity contribution in [1.29, 1.82) is 0 Å². The molecule has 2 atom stereocenters. The summed E-state index contributed by atoms with van der Waals surface area (Å²) < 4.78 is 48.7. The number of halogens is 3. The molecule has 6 rings (SSSR count). The highest BCUT2D eigenvalue weighted by Gasteiger charge is 2.33. The van der Waals surface area contributed by atoms with E-state index in [-0.39, 0.29) is 34.3 Å². The summed E-state index contributed by atoms with van der Waals surface area (Å²) in [6.07, 6.45) is 3.70. The molecule has 0 bridgehead atoms. The minimum Gasteiger partial charge on any atom is -0.373 e. The van der Waals surface area contributed by atoms with E-state index in [1.54, 1.807) is 14.0 Å². The van der Waals surface area contributed by atoms with Crippen molar-refractivity contribution < 1.29 is 17.9 Å². The van der Waals surface area contributed by atoms with Crippen LogP contribution < -0.4 is 5.56 Å². The summed E-state index contributed by atoms with van der Waals surface area (Å²) in [7, 11) is 1.60. The number of rotatable bonds is 4. The second-order valence-electron chi connectivity index (χ2n) is 9.65. The Balaban J connectivity index is 1.42. The molecule has 0 radical (unpaired) electrons. The van der Waals surface area contributed by atoms with Crippen LogP contribution in [0.15, 0.2) is 35.5 Å². The van der Waals surface area contributed by atoms with Crippen molar-refractivity contribution >= 4 is 11.0 Å². The molecule has 37 heavy (non-hydrogen) atoms. The number of alkyl halides is 3. The molecule has 0 amide bonds. The summed E-state index contributed by atoms with van der Waals surface area (Å²) in [6, 6.07) is 2.66. The van der Waals surface area contributed by atoms with Crippen LogP contribution in [0.25, 0.3) is 22.3 Å². The number of aromatic nitrogens is 7. The zero-order valence-corrected chi connectivity index (χ0v) is 20.2. The summed E-state index contributed by atoms with van der Waals surface area (Å²) in [5.74, 6) is 0.751. The molecule has 2 fully saturated rings. The van der Waals surface area contributed by atoms with Gasteiger partial charge >= 0.3 is 6.18 Å². The summed E-state index contributed by atoms with van der Waals surface area (Å²) in [5.41, 5.74) is 0.605. The molecule has 0 N–H and O–H groups in total. The van der Waals surface area contributed by atoms with Crippen LogP contribution in [0.5, 0.6) is 0 Å². The highest BCUT2D eigenvalue weighted by atomic mass is 19.4. The molecule has 5 heterocycles. The van der Waals surface area contributed by atoms with E-state index in [2.05, 4.69) is 20.1 Å². The summed E-state index contributed by atoms with van der Waals surface area (Å²) >= 11 is 0. The molecule has 1 aliphatic carbocycles. The van der Waals surface area contributed by atoms with Gasteiger partial charge in [-0.1, -0.05) is 0 Å². The van der Waals surface area contributed by atoms with Gasteiger partial charge in [0.15, 0.2) is 5.52 Å². The number of aryl methyl sites for hydroxylation is 1. The molecule has 0 unspecified atom stereocenters. The first kappa shape index (κ1) is 23.7. The first-order valence-electron chi connectivity index (χ1n) is 12.1. The highest BCUT2D eigenvalue weighted by Crippen LogP contribution is 2.39. The lowest BCUT2D eigenvalue weighted by Gasteiger charge is -2.28. The van der Waals surface area contributed by atoms with Gasteiger partial charge in [0.1, 0.15) is 28.6 Å². The van der Waals surface area contributed by atoms with E-state index in [9.17, 15) is 18.0 Å². The fourth-order valence-electron chi connectivity index (χ4n) is 4.68. The van der Waals surface area contributed by atoms with Gasteiger partial charge in [0.05, 0.1) is 18.3 Å². The zero-order chi connectivity index (χ0) is 25.9. The van der Waals surface area contributed by atoms with E-state index < -0.39 is 11.9 Å². The van der Waals surface area contributed by atoms with Gasteiger partial charge in [-0.3, -0.25) is 19.0 Å². The van der Waals surface area contributed by atoms with E-state index in [1.165, 1.54) is 10.6 Å². The van der Waals surface area contributed by atoms with Crippen LogP contribution in [0, 0.1) is 6.92 Å².